The predicted octanol–water partition coefficient (Wildman–Crippen LogP) is -0.125. The van der Waals surface area contributed by atoms with Crippen molar-refractivity contribution in [2.75, 3.05) is 33.0 Å². The molecule has 1 spiro atoms. The molecule has 5 nitrogen and oxygen atoms in total. The molecule has 14 heavy (non-hydrogen) atoms. The molecule has 0 bridgehead atoms. The van der Waals surface area contributed by atoms with E-state index in [4.69, 9.17) is 24.1 Å². The van der Waals surface area contributed by atoms with E-state index in [2.05, 4.69) is 0 Å². The molecule has 0 aliphatic carbocycles. The van der Waals surface area contributed by atoms with Gasteiger partial charge in [0.2, 0.25) is 5.79 Å². The van der Waals surface area contributed by atoms with E-state index in [1.165, 1.54) is 0 Å². The van der Waals surface area contributed by atoms with Gasteiger partial charge in [-0.15, -0.1) is 0 Å². The molecule has 2 aliphatic rings. The molecule has 0 unspecified atom stereocenters. The zero-order valence-electron chi connectivity index (χ0n) is 8.32. The van der Waals surface area contributed by atoms with Crippen molar-refractivity contribution in [3.05, 3.63) is 0 Å². The lowest BCUT2D eigenvalue weighted by Gasteiger charge is -2.41. The Morgan fingerprint density at radius 1 is 1.07 bits per heavy atom. The maximum Gasteiger partial charge on any atom is 0.216 e. The van der Waals surface area contributed by atoms with Crippen LogP contribution in [-0.2, 0) is 18.9 Å². The van der Waals surface area contributed by atoms with Crippen LogP contribution in [0.5, 0.6) is 0 Å². The van der Waals surface area contributed by atoms with Crippen molar-refractivity contribution in [3.8, 4) is 0 Å². The Morgan fingerprint density at radius 2 is 1.64 bits per heavy atom. The minimum atomic E-state index is -0.699. The van der Waals surface area contributed by atoms with Gasteiger partial charge >= 0.3 is 0 Å². The highest BCUT2D eigenvalue weighted by Crippen LogP contribution is 2.31. The molecule has 0 radical (unpaired) electrons. The molecule has 2 aliphatic heterocycles. The normalized spacial score (nSPS) is 29.6. The zero-order chi connectivity index (χ0) is 10.1. The highest BCUT2D eigenvalue weighted by Gasteiger charge is 2.46. The summed E-state index contributed by atoms with van der Waals surface area (Å²) in [4.78, 5) is 0. The summed E-state index contributed by atoms with van der Waals surface area (Å²) in [5.41, 5.74) is 0. The molecule has 0 atom stereocenters. The predicted molar refractivity (Wildman–Crippen MR) is 46.6 cm³/mol. The van der Waals surface area contributed by atoms with Crippen molar-refractivity contribution < 1.29 is 24.1 Å². The van der Waals surface area contributed by atoms with Gasteiger partial charge in [0.05, 0.1) is 13.2 Å². The first-order valence-electron chi connectivity index (χ1n) is 4.85. The molecular formula is C9H16O5. The molecule has 0 aromatic rings. The Balaban J connectivity index is 1.90. The largest absolute Gasteiger partial charge is 0.396 e. The second-order valence-electron chi connectivity index (χ2n) is 3.79. The summed E-state index contributed by atoms with van der Waals surface area (Å²) in [6.07, 6.45) is 0.461. The summed E-state index contributed by atoms with van der Waals surface area (Å²) in [5.74, 6) is -1.40. The van der Waals surface area contributed by atoms with Gasteiger partial charge in [0.25, 0.3) is 0 Å². The van der Waals surface area contributed by atoms with E-state index < -0.39 is 11.6 Å². The number of aliphatic hydroxyl groups excluding tert-OH is 1. The fourth-order valence-electron chi connectivity index (χ4n) is 1.62. The minimum Gasteiger partial charge on any atom is -0.396 e. The van der Waals surface area contributed by atoms with Gasteiger partial charge in [-0.2, -0.15) is 0 Å². The lowest BCUT2D eigenvalue weighted by atomic mass is 10.2. The van der Waals surface area contributed by atoms with Crippen LogP contribution in [0.15, 0.2) is 0 Å². The molecule has 0 aromatic heterocycles. The molecular weight excluding hydrogens is 188 g/mol. The second-order valence-corrected chi connectivity index (χ2v) is 3.79. The van der Waals surface area contributed by atoms with Crippen LogP contribution in [0.25, 0.3) is 0 Å². The first-order chi connectivity index (χ1) is 6.68. The Hall–Kier alpha value is -0.200. The number of rotatable bonds is 2. The molecule has 0 saturated carbocycles. The Labute approximate surface area is 82.9 Å². The number of hydrogen-bond donors (Lipinski definition) is 1. The van der Waals surface area contributed by atoms with Crippen molar-refractivity contribution >= 4 is 0 Å². The van der Waals surface area contributed by atoms with Gasteiger partial charge < -0.3 is 24.1 Å². The van der Waals surface area contributed by atoms with Crippen molar-refractivity contribution in [3.63, 3.8) is 0 Å². The van der Waals surface area contributed by atoms with Crippen LogP contribution in [0.3, 0.4) is 0 Å². The minimum absolute atomic E-state index is 0.0468. The highest BCUT2D eigenvalue weighted by atomic mass is 16.8. The summed E-state index contributed by atoms with van der Waals surface area (Å²) >= 11 is 0. The van der Waals surface area contributed by atoms with Crippen molar-refractivity contribution in [2.24, 2.45) is 0 Å². The van der Waals surface area contributed by atoms with Gasteiger partial charge in [0.15, 0.2) is 5.79 Å². The average Bonchev–Trinajstić information content (AvgIpc) is 2.61. The summed E-state index contributed by atoms with van der Waals surface area (Å²) in [6.45, 7) is 3.76. The quantitative estimate of drug-likeness (QED) is 0.679. The van der Waals surface area contributed by atoms with Crippen LogP contribution in [0.1, 0.15) is 13.3 Å². The van der Waals surface area contributed by atoms with Gasteiger partial charge in [-0.05, 0) is 6.92 Å². The smallest absolute Gasteiger partial charge is 0.216 e. The Kier molecular flexibility index (Phi) is 2.77. The van der Waals surface area contributed by atoms with E-state index in [1.807, 2.05) is 6.92 Å². The van der Waals surface area contributed by atoms with E-state index in [0.29, 0.717) is 32.8 Å². The van der Waals surface area contributed by atoms with Gasteiger partial charge in [-0.25, -0.2) is 0 Å². The lowest BCUT2D eigenvalue weighted by Crippen LogP contribution is -2.53. The van der Waals surface area contributed by atoms with Crippen LogP contribution in [0, 0.1) is 0 Å². The van der Waals surface area contributed by atoms with E-state index in [0.717, 1.165) is 0 Å². The van der Waals surface area contributed by atoms with Crippen molar-refractivity contribution in [1.29, 1.82) is 0 Å². The number of aliphatic hydroxyl groups is 1. The lowest BCUT2D eigenvalue weighted by molar-refractivity contribution is -0.358. The summed E-state index contributed by atoms with van der Waals surface area (Å²) in [7, 11) is 0. The monoisotopic (exact) mass is 204 g/mol. The van der Waals surface area contributed by atoms with Crippen LogP contribution in [0.4, 0.5) is 0 Å². The van der Waals surface area contributed by atoms with Gasteiger partial charge in [0, 0.05) is 13.0 Å². The molecule has 0 aromatic carbocycles. The Bertz CT molecular complexity index is 189. The fraction of sp³-hybridized carbons (Fsp3) is 1.00. The third-order valence-electron chi connectivity index (χ3n) is 2.57. The van der Waals surface area contributed by atoms with E-state index in [1.54, 1.807) is 0 Å². The molecule has 82 valence electrons. The maximum absolute atomic E-state index is 8.82. The molecule has 5 heteroatoms. The molecule has 2 heterocycles. The van der Waals surface area contributed by atoms with E-state index in [-0.39, 0.29) is 6.61 Å². The molecule has 2 fully saturated rings. The third-order valence-corrected chi connectivity index (χ3v) is 2.57. The number of ether oxygens (including phenoxy) is 4. The van der Waals surface area contributed by atoms with Crippen molar-refractivity contribution in [1.82, 2.24) is 0 Å². The molecule has 0 amide bonds. The molecule has 2 saturated heterocycles. The van der Waals surface area contributed by atoms with Gasteiger partial charge in [-0.3, -0.25) is 0 Å². The fourth-order valence-corrected chi connectivity index (χ4v) is 1.62. The average molecular weight is 204 g/mol. The van der Waals surface area contributed by atoms with Crippen LogP contribution >= 0.6 is 0 Å². The first-order valence-corrected chi connectivity index (χ1v) is 4.85. The maximum atomic E-state index is 8.82. The Morgan fingerprint density at radius 3 is 2.14 bits per heavy atom. The standard InChI is InChI=1S/C9H16O5/c1-8(2-3-10)13-6-9(7-14-8)11-4-5-12-9/h10H,2-7H2,1H3. The van der Waals surface area contributed by atoms with Crippen LogP contribution in [0.2, 0.25) is 0 Å². The van der Waals surface area contributed by atoms with Crippen LogP contribution in [-0.4, -0.2) is 49.7 Å². The van der Waals surface area contributed by atoms with E-state index >= 15 is 0 Å². The topological polar surface area (TPSA) is 57.2 Å². The highest BCUT2D eigenvalue weighted by molar-refractivity contribution is 4.80. The van der Waals surface area contributed by atoms with Crippen LogP contribution < -0.4 is 0 Å². The molecule has 2 rings (SSSR count). The zero-order valence-corrected chi connectivity index (χ0v) is 8.32. The number of hydrogen-bond acceptors (Lipinski definition) is 5. The first kappa shape index (κ1) is 10.3. The third kappa shape index (κ3) is 1.92. The summed E-state index contributed by atoms with van der Waals surface area (Å²) in [6, 6.07) is 0. The second kappa shape index (κ2) is 3.75. The molecule has 1 N–H and O–H groups in total. The van der Waals surface area contributed by atoms with Gasteiger partial charge in [-0.1, -0.05) is 0 Å². The van der Waals surface area contributed by atoms with Crippen molar-refractivity contribution in [2.45, 2.75) is 24.9 Å². The van der Waals surface area contributed by atoms with E-state index in [9.17, 15) is 0 Å². The van der Waals surface area contributed by atoms with Gasteiger partial charge in [0.1, 0.15) is 13.2 Å². The summed E-state index contributed by atoms with van der Waals surface area (Å²) < 4.78 is 21.9. The summed E-state index contributed by atoms with van der Waals surface area (Å²) in [5, 5.41) is 8.82. The SMILES string of the molecule is CC1(CCO)OCC2(CO1)OCCO2.